The van der Waals surface area contributed by atoms with E-state index in [0.717, 1.165) is 38.8 Å². The second-order valence-corrected chi connectivity index (χ2v) is 4.98. The molecule has 0 aromatic heterocycles. The van der Waals surface area contributed by atoms with E-state index in [2.05, 4.69) is 0 Å². The Kier molecular flexibility index (Phi) is 4.54. The highest BCUT2D eigenvalue weighted by molar-refractivity contribution is 5.87. The summed E-state index contributed by atoms with van der Waals surface area (Å²) in [6, 6.07) is 0. The number of hydrogen-bond acceptors (Lipinski definition) is 3. The van der Waals surface area contributed by atoms with Gasteiger partial charge >= 0.3 is 0 Å². The zero-order chi connectivity index (χ0) is 12.1. The van der Waals surface area contributed by atoms with Crippen LogP contribution in [0.1, 0.15) is 44.9 Å². The van der Waals surface area contributed by atoms with Crippen LogP contribution in [0.3, 0.4) is 0 Å². The van der Waals surface area contributed by atoms with Crippen molar-refractivity contribution in [3.8, 4) is 0 Å². The summed E-state index contributed by atoms with van der Waals surface area (Å²) in [5.74, 6) is 0.311. The van der Waals surface area contributed by atoms with E-state index in [4.69, 9.17) is 4.74 Å². The fraction of sp³-hybridized carbons (Fsp3) is 0.846. The first-order chi connectivity index (χ1) is 8.25. The summed E-state index contributed by atoms with van der Waals surface area (Å²) in [6.07, 6.45) is 6.48. The van der Waals surface area contributed by atoms with Crippen molar-refractivity contribution < 1.29 is 14.3 Å². The van der Waals surface area contributed by atoms with Crippen molar-refractivity contribution in [2.45, 2.75) is 51.0 Å². The average Bonchev–Trinajstić information content (AvgIpc) is 2.37. The van der Waals surface area contributed by atoms with Gasteiger partial charge in [0.15, 0.2) is 5.78 Å². The summed E-state index contributed by atoms with van der Waals surface area (Å²) in [6.45, 7) is 1.90. The smallest absolute Gasteiger partial charge is 0.223 e. The lowest BCUT2D eigenvalue weighted by Crippen LogP contribution is -2.40. The van der Waals surface area contributed by atoms with Crippen LogP contribution in [-0.2, 0) is 14.3 Å². The molecule has 0 spiro atoms. The first-order valence-corrected chi connectivity index (χ1v) is 6.67. The minimum absolute atomic E-state index is 0.118. The van der Waals surface area contributed by atoms with Gasteiger partial charge in [0, 0.05) is 26.0 Å². The number of carbonyl (C=O) groups excluding carboxylic acids is 2. The first kappa shape index (κ1) is 12.6. The van der Waals surface area contributed by atoms with Crippen LogP contribution < -0.4 is 0 Å². The Bertz CT molecular complexity index is 284. The number of Topliss-reactive ketones (excluding diaryl/α,β-unsaturated/α-hetero) is 1. The highest BCUT2D eigenvalue weighted by atomic mass is 16.5. The molecule has 2 heterocycles. The number of likely N-dealkylation sites (tertiary alicyclic amines) is 1. The van der Waals surface area contributed by atoms with Crippen LogP contribution >= 0.6 is 0 Å². The van der Waals surface area contributed by atoms with Crippen molar-refractivity contribution in [3.63, 3.8) is 0 Å². The van der Waals surface area contributed by atoms with Crippen molar-refractivity contribution >= 4 is 11.7 Å². The van der Waals surface area contributed by atoms with E-state index in [9.17, 15) is 9.59 Å². The van der Waals surface area contributed by atoms with E-state index in [-0.39, 0.29) is 17.8 Å². The lowest BCUT2D eigenvalue weighted by Gasteiger charge is -2.27. The second kappa shape index (κ2) is 6.15. The Morgan fingerprint density at radius 1 is 1.35 bits per heavy atom. The Balaban J connectivity index is 1.70. The molecule has 2 aliphatic heterocycles. The maximum Gasteiger partial charge on any atom is 0.223 e. The van der Waals surface area contributed by atoms with Crippen LogP contribution in [0.2, 0.25) is 0 Å². The summed E-state index contributed by atoms with van der Waals surface area (Å²) < 4.78 is 5.60. The van der Waals surface area contributed by atoms with Crippen molar-refractivity contribution in [1.29, 1.82) is 0 Å². The van der Waals surface area contributed by atoms with Gasteiger partial charge in [-0.15, -0.1) is 0 Å². The number of nitrogens with zero attached hydrogens (tertiary/aromatic N) is 1. The van der Waals surface area contributed by atoms with Gasteiger partial charge in [0.05, 0.1) is 12.6 Å². The van der Waals surface area contributed by atoms with E-state index in [0.29, 0.717) is 19.4 Å². The molecule has 1 amide bonds. The molecule has 1 atom stereocenters. The maximum atomic E-state index is 11.9. The molecule has 4 heteroatoms. The third-order valence-corrected chi connectivity index (χ3v) is 3.56. The number of rotatable bonds is 3. The van der Waals surface area contributed by atoms with Gasteiger partial charge in [-0.05, 0) is 32.1 Å². The third-order valence-electron chi connectivity index (χ3n) is 3.56. The summed E-state index contributed by atoms with van der Waals surface area (Å²) >= 11 is 0. The standard InChI is InChI=1S/C13H21NO3/c15-11-4-3-8-14(10-11)13(16)7-6-12-5-1-2-9-17-12/h12H,1-10H2. The predicted octanol–water partition coefficient (Wildman–Crippen LogP) is 1.53. The quantitative estimate of drug-likeness (QED) is 0.750. The predicted molar refractivity (Wildman–Crippen MR) is 63.6 cm³/mol. The fourth-order valence-electron chi connectivity index (χ4n) is 2.53. The van der Waals surface area contributed by atoms with Gasteiger partial charge in [-0.25, -0.2) is 0 Å². The van der Waals surface area contributed by atoms with E-state index in [1.54, 1.807) is 4.90 Å². The van der Waals surface area contributed by atoms with Crippen LogP contribution in [0.5, 0.6) is 0 Å². The molecule has 4 nitrogen and oxygen atoms in total. The van der Waals surface area contributed by atoms with Gasteiger partial charge in [0.1, 0.15) is 0 Å². The minimum Gasteiger partial charge on any atom is -0.378 e. The summed E-state index contributed by atoms with van der Waals surface area (Å²) in [5, 5.41) is 0. The maximum absolute atomic E-state index is 11.9. The fourth-order valence-corrected chi connectivity index (χ4v) is 2.53. The molecule has 0 radical (unpaired) electrons. The molecule has 0 aromatic carbocycles. The number of ether oxygens (including phenoxy) is 1. The molecule has 17 heavy (non-hydrogen) atoms. The molecule has 2 aliphatic rings. The van der Waals surface area contributed by atoms with Gasteiger partial charge < -0.3 is 9.64 Å². The summed E-state index contributed by atoms with van der Waals surface area (Å²) in [5.41, 5.74) is 0. The molecule has 0 saturated carbocycles. The average molecular weight is 239 g/mol. The van der Waals surface area contributed by atoms with Gasteiger partial charge in [-0.1, -0.05) is 0 Å². The van der Waals surface area contributed by atoms with Crippen LogP contribution in [0.15, 0.2) is 0 Å². The van der Waals surface area contributed by atoms with Crippen LogP contribution in [0.25, 0.3) is 0 Å². The number of piperidine rings is 1. The van der Waals surface area contributed by atoms with Gasteiger partial charge in [0.25, 0.3) is 0 Å². The van der Waals surface area contributed by atoms with Crippen LogP contribution in [-0.4, -0.2) is 42.4 Å². The molecular formula is C13H21NO3. The largest absolute Gasteiger partial charge is 0.378 e. The molecule has 0 bridgehead atoms. The molecule has 2 saturated heterocycles. The molecular weight excluding hydrogens is 218 g/mol. The zero-order valence-corrected chi connectivity index (χ0v) is 10.3. The Labute approximate surface area is 102 Å². The topological polar surface area (TPSA) is 46.6 Å². The van der Waals surface area contributed by atoms with E-state index >= 15 is 0 Å². The van der Waals surface area contributed by atoms with Crippen LogP contribution in [0, 0.1) is 0 Å². The number of amides is 1. The molecule has 96 valence electrons. The Hall–Kier alpha value is -0.900. The third kappa shape index (κ3) is 3.80. The normalized spacial score (nSPS) is 26.0. The van der Waals surface area contributed by atoms with E-state index in [1.807, 2.05) is 0 Å². The van der Waals surface area contributed by atoms with Crippen LogP contribution in [0.4, 0.5) is 0 Å². The number of carbonyl (C=O) groups is 2. The van der Waals surface area contributed by atoms with Gasteiger partial charge in [-0.3, -0.25) is 9.59 Å². The molecule has 2 fully saturated rings. The van der Waals surface area contributed by atoms with Crippen molar-refractivity contribution in [2.75, 3.05) is 19.7 Å². The highest BCUT2D eigenvalue weighted by Gasteiger charge is 2.22. The number of ketones is 1. The Morgan fingerprint density at radius 2 is 2.24 bits per heavy atom. The second-order valence-electron chi connectivity index (χ2n) is 4.98. The highest BCUT2D eigenvalue weighted by Crippen LogP contribution is 2.18. The van der Waals surface area contributed by atoms with Crippen molar-refractivity contribution in [1.82, 2.24) is 4.90 Å². The zero-order valence-electron chi connectivity index (χ0n) is 10.3. The minimum atomic E-state index is 0.118. The molecule has 0 aliphatic carbocycles. The Morgan fingerprint density at radius 3 is 2.94 bits per heavy atom. The van der Waals surface area contributed by atoms with E-state index < -0.39 is 0 Å². The molecule has 0 aromatic rings. The molecule has 2 rings (SSSR count). The van der Waals surface area contributed by atoms with Gasteiger partial charge in [0.2, 0.25) is 5.91 Å². The lowest BCUT2D eigenvalue weighted by molar-refractivity contribution is -0.138. The van der Waals surface area contributed by atoms with Crippen molar-refractivity contribution in [3.05, 3.63) is 0 Å². The summed E-state index contributed by atoms with van der Waals surface area (Å²) in [4.78, 5) is 24.9. The van der Waals surface area contributed by atoms with Gasteiger partial charge in [-0.2, -0.15) is 0 Å². The van der Waals surface area contributed by atoms with E-state index in [1.165, 1.54) is 6.42 Å². The SMILES string of the molecule is O=C1CCCN(C(=O)CCC2CCCCO2)C1. The summed E-state index contributed by atoms with van der Waals surface area (Å²) in [7, 11) is 0. The molecule has 1 unspecified atom stereocenters. The number of hydrogen-bond donors (Lipinski definition) is 0. The lowest BCUT2D eigenvalue weighted by atomic mass is 10.0. The molecule has 0 N–H and O–H groups in total. The first-order valence-electron chi connectivity index (χ1n) is 6.67. The monoisotopic (exact) mass is 239 g/mol. The van der Waals surface area contributed by atoms with Crippen molar-refractivity contribution in [2.24, 2.45) is 0 Å².